The van der Waals surface area contributed by atoms with E-state index in [1.54, 1.807) is 0 Å². The molecule has 1 saturated heterocycles. The van der Waals surface area contributed by atoms with Crippen molar-refractivity contribution in [2.75, 3.05) is 0 Å². The van der Waals surface area contributed by atoms with E-state index in [4.69, 9.17) is 16.3 Å². The summed E-state index contributed by atoms with van der Waals surface area (Å²) in [6, 6.07) is 0. The molecule has 66 valence electrons. The van der Waals surface area contributed by atoms with Crippen LogP contribution in [0.25, 0.3) is 0 Å². The number of amides is 1. The zero-order chi connectivity index (χ0) is 8.55. The topological polar surface area (TPSA) is 38.3 Å². The van der Waals surface area contributed by atoms with E-state index in [-0.39, 0.29) is 17.9 Å². The third-order valence-electron chi connectivity index (χ3n) is 2.24. The Hall–Kier alpha value is -0.540. The van der Waals surface area contributed by atoms with Crippen LogP contribution in [0, 0.1) is 5.92 Å². The van der Waals surface area contributed by atoms with E-state index in [0.29, 0.717) is 0 Å². The third kappa shape index (κ3) is 1.34. The Morgan fingerprint density at radius 1 is 1.67 bits per heavy atom. The summed E-state index contributed by atoms with van der Waals surface area (Å²) in [6.07, 6.45) is 5.64. The van der Waals surface area contributed by atoms with Crippen LogP contribution in [0.1, 0.15) is 12.8 Å². The highest BCUT2D eigenvalue weighted by Gasteiger charge is 2.35. The molecule has 0 bridgehead atoms. The second-order valence-electron chi connectivity index (χ2n) is 3.04. The van der Waals surface area contributed by atoms with Crippen LogP contribution >= 0.6 is 11.6 Å². The van der Waals surface area contributed by atoms with Gasteiger partial charge in [0.25, 0.3) is 0 Å². The molecular formula is C8H10ClNO2. The van der Waals surface area contributed by atoms with E-state index in [0.717, 1.165) is 12.8 Å². The van der Waals surface area contributed by atoms with Crippen LogP contribution < -0.4 is 5.32 Å². The molecule has 3 atom stereocenters. The highest BCUT2D eigenvalue weighted by molar-refractivity contribution is 6.20. The Bertz CT molecular complexity index is 229. The molecule has 0 spiro atoms. The van der Waals surface area contributed by atoms with Crippen molar-refractivity contribution in [1.82, 2.24) is 5.32 Å². The van der Waals surface area contributed by atoms with Crippen molar-refractivity contribution >= 4 is 17.5 Å². The maximum absolute atomic E-state index is 11.3. The van der Waals surface area contributed by atoms with Crippen LogP contribution in [0.15, 0.2) is 12.2 Å². The van der Waals surface area contributed by atoms with Crippen LogP contribution in [0.2, 0.25) is 0 Å². The van der Waals surface area contributed by atoms with Gasteiger partial charge in [-0.1, -0.05) is 23.8 Å². The molecule has 1 amide bonds. The Morgan fingerprint density at radius 2 is 2.50 bits per heavy atom. The van der Waals surface area contributed by atoms with Crippen molar-refractivity contribution in [2.24, 2.45) is 5.92 Å². The fraction of sp³-hybridized carbons (Fsp3) is 0.625. The zero-order valence-corrected chi connectivity index (χ0v) is 7.25. The number of ether oxygens (including phenoxy) is 1. The van der Waals surface area contributed by atoms with Gasteiger partial charge < -0.3 is 10.1 Å². The second-order valence-corrected chi connectivity index (χ2v) is 3.43. The normalized spacial score (nSPS) is 40.4. The summed E-state index contributed by atoms with van der Waals surface area (Å²) in [7, 11) is 0. The summed E-state index contributed by atoms with van der Waals surface area (Å²) < 4.78 is 5.31. The van der Waals surface area contributed by atoms with Gasteiger partial charge in [-0.25, -0.2) is 0 Å². The molecule has 12 heavy (non-hydrogen) atoms. The second kappa shape index (κ2) is 3.07. The van der Waals surface area contributed by atoms with Crippen molar-refractivity contribution in [2.45, 2.75) is 24.6 Å². The molecule has 1 heterocycles. The van der Waals surface area contributed by atoms with Crippen molar-refractivity contribution in [3.8, 4) is 0 Å². The fourth-order valence-electron chi connectivity index (χ4n) is 1.62. The molecule has 0 saturated carbocycles. The maximum Gasteiger partial charge on any atom is 0.229 e. The molecule has 1 aliphatic carbocycles. The maximum atomic E-state index is 11.3. The number of halogens is 1. The lowest BCUT2D eigenvalue weighted by Gasteiger charge is -2.33. The molecule has 1 N–H and O–H groups in total. The van der Waals surface area contributed by atoms with Crippen LogP contribution in [-0.4, -0.2) is 17.7 Å². The predicted molar refractivity (Wildman–Crippen MR) is 44.5 cm³/mol. The number of hydrogen-bond acceptors (Lipinski definition) is 2. The van der Waals surface area contributed by atoms with E-state index < -0.39 is 5.69 Å². The first-order chi connectivity index (χ1) is 5.77. The van der Waals surface area contributed by atoms with Gasteiger partial charge in [0.2, 0.25) is 11.6 Å². The molecule has 3 unspecified atom stereocenters. The molecular weight excluding hydrogens is 178 g/mol. The van der Waals surface area contributed by atoms with Gasteiger partial charge in [-0.2, -0.15) is 0 Å². The minimum absolute atomic E-state index is 0.00981. The van der Waals surface area contributed by atoms with Gasteiger partial charge in [0.05, 0.1) is 12.0 Å². The minimum atomic E-state index is -0.665. The summed E-state index contributed by atoms with van der Waals surface area (Å²) >= 11 is 5.64. The minimum Gasteiger partial charge on any atom is -0.336 e. The van der Waals surface area contributed by atoms with Crippen LogP contribution in [0.5, 0.6) is 0 Å². The first-order valence-corrected chi connectivity index (χ1v) is 4.47. The average Bonchev–Trinajstić information content (AvgIpc) is 2.04. The fourth-order valence-corrected chi connectivity index (χ4v) is 1.84. The van der Waals surface area contributed by atoms with Gasteiger partial charge >= 0.3 is 0 Å². The number of fused-ring (bicyclic) bond motifs is 1. The van der Waals surface area contributed by atoms with E-state index >= 15 is 0 Å². The number of carbonyl (C=O) groups excluding carboxylic acids is 1. The SMILES string of the molecule is O=C1NC(Cl)OC2C=CCCC12. The number of alkyl halides is 1. The third-order valence-corrected chi connectivity index (χ3v) is 2.45. The van der Waals surface area contributed by atoms with E-state index in [9.17, 15) is 4.79 Å². The number of carbonyl (C=O) groups is 1. The van der Waals surface area contributed by atoms with Gasteiger partial charge in [-0.3, -0.25) is 4.79 Å². The number of hydrogen-bond donors (Lipinski definition) is 1. The first kappa shape index (κ1) is 8.08. The summed E-state index contributed by atoms with van der Waals surface area (Å²) in [4.78, 5) is 11.3. The molecule has 0 radical (unpaired) electrons. The van der Waals surface area contributed by atoms with Crippen molar-refractivity contribution < 1.29 is 9.53 Å². The number of rotatable bonds is 0. The Balaban J connectivity index is 2.15. The molecule has 4 heteroatoms. The van der Waals surface area contributed by atoms with E-state index in [1.165, 1.54) is 0 Å². The van der Waals surface area contributed by atoms with Gasteiger partial charge in [0.15, 0.2) is 0 Å². The standard InChI is InChI=1S/C8H10ClNO2/c9-8-10-7(11)5-3-1-2-4-6(5)12-8/h2,4-6,8H,1,3H2,(H,10,11). The van der Waals surface area contributed by atoms with E-state index in [2.05, 4.69) is 5.32 Å². The summed E-state index contributed by atoms with van der Waals surface area (Å²) in [5.74, 6) is -0.0272. The lowest BCUT2D eigenvalue weighted by Crippen LogP contribution is -2.50. The van der Waals surface area contributed by atoms with Gasteiger partial charge in [-0.15, -0.1) is 0 Å². The number of allylic oxidation sites excluding steroid dienone is 1. The Labute approximate surface area is 75.7 Å². The molecule has 0 aromatic rings. The van der Waals surface area contributed by atoms with Crippen molar-refractivity contribution in [1.29, 1.82) is 0 Å². The molecule has 0 aromatic carbocycles. The summed E-state index contributed by atoms with van der Waals surface area (Å²) in [6.45, 7) is 0. The van der Waals surface area contributed by atoms with Gasteiger partial charge in [0, 0.05) is 0 Å². The predicted octanol–water partition coefficient (Wildman–Crippen LogP) is 0.990. The summed E-state index contributed by atoms with van der Waals surface area (Å²) in [5.41, 5.74) is -0.665. The Morgan fingerprint density at radius 3 is 3.33 bits per heavy atom. The molecule has 2 rings (SSSR count). The zero-order valence-electron chi connectivity index (χ0n) is 6.50. The molecule has 2 aliphatic rings. The van der Waals surface area contributed by atoms with Crippen molar-refractivity contribution in [3.63, 3.8) is 0 Å². The van der Waals surface area contributed by atoms with Crippen molar-refractivity contribution in [3.05, 3.63) is 12.2 Å². The van der Waals surface area contributed by atoms with Gasteiger partial charge in [0.1, 0.15) is 0 Å². The monoisotopic (exact) mass is 187 g/mol. The number of nitrogens with one attached hydrogen (secondary N) is 1. The molecule has 1 fully saturated rings. The lowest BCUT2D eigenvalue weighted by molar-refractivity contribution is -0.142. The molecule has 3 nitrogen and oxygen atoms in total. The van der Waals surface area contributed by atoms with Crippen LogP contribution in [0.3, 0.4) is 0 Å². The van der Waals surface area contributed by atoms with Crippen LogP contribution in [-0.2, 0) is 9.53 Å². The largest absolute Gasteiger partial charge is 0.336 e. The molecule has 1 aliphatic heterocycles. The molecule has 0 aromatic heterocycles. The lowest BCUT2D eigenvalue weighted by atomic mass is 9.90. The quantitative estimate of drug-likeness (QED) is 0.349. The van der Waals surface area contributed by atoms with Crippen LogP contribution in [0.4, 0.5) is 0 Å². The average molecular weight is 188 g/mol. The highest BCUT2D eigenvalue weighted by Crippen LogP contribution is 2.26. The van der Waals surface area contributed by atoms with Gasteiger partial charge in [-0.05, 0) is 12.8 Å². The summed E-state index contributed by atoms with van der Waals surface area (Å²) in [5, 5.41) is 2.55. The Kier molecular flexibility index (Phi) is 2.07. The highest BCUT2D eigenvalue weighted by atomic mass is 35.5. The smallest absolute Gasteiger partial charge is 0.229 e. The first-order valence-electron chi connectivity index (χ1n) is 4.04. The van der Waals surface area contributed by atoms with E-state index in [1.807, 2.05) is 12.2 Å².